The summed E-state index contributed by atoms with van der Waals surface area (Å²) in [5, 5.41) is 0.937. The van der Waals surface area contributed by atoms with Gasteiger partial charge in [0.15, 0.2) is 0 Å². The van der Waals surface area contributed by atoms with E-state index in [0.717, 1.165) is 16.7 Å². The van der Waals surface area contributed by atoms with E-state index in [1.165, 1.54) is 0 Å². The SMILES string of the molecule is CCC1(N2CCC(c3ccccc3)(N(C)C(C)=O)CC2)OC(c2ccc(Cl)c(Cl)c2)CN(Cc2ccccc2)C1=O.Cl.O. The van der Waals surface area contributed by atoms with Gasteiger partial charge in [-0.15, -0.1) is 12.4 Å². The van der Waals surface area contributed by atoms with Crippen LogP contribution in [0.4, 0.5) is 0 Å². The number of halogens is 3. The lowest BCUT2D eigenvalue weighted by Gasteiger charge is -2.55. The van der Waals surface area contributed by atoms with Crippen LogP contribution in [-0.4, -0.2) is 64.4 Å². The average Bonchev–Trinajstić information content (AvgIpc) is 3.00. The normalized spacial score (nSPS) is 21.8. The number of benzene rings is 3. The first-order valence-corrected chi connectivity index (χ1v) is 15.0. The van der Waals surface area contributed by atoms with E-state index in [1.807, 2.05) is 84.4 Å². The number of rotatable bonds is 7. The topological polar surface area (TPSA) is 84.6 Å². The van der Waals surface area contributed by atoms with E-state index in [9.17, 15) is 9.59 Å². The predicted molar refractivity (Wildman–Crippen MR) is 173 cm³/mol. The van der Waals surface area contributed by atoms with Crippen LogP contribution in [0.15, 0.2) is 78.9 Å². The zero-order valence-electron chi connectivity index (χ0n) is 24.8. The summed E-state index contributed by atoms with van der Waals surface area (Å²) in [6.45, 7) is 5.71. The van der Waals surface area contributed by atoms with E-state index in [4.69, 9.17) is 27.9 Å². The maximum Gasteiger partial charge on any atom is 0.270 e. The third kappa shape index (κ3) is 6.72. The van der Waals surface area contributed by atoms with E-state index in [2.05, 4.69) is 17.0 Å². The largest absolute Gasteiger partial charge is 0.412 e. The molecule has 2 saturated heterocycles. The van der Waals surface area contributed by atoms with Gasteiger partial charge in [0, 0.05) is 33.6 Å². The summed E-state index contributed by atoms with van der Waals surface area (Å²) in [6.07, 6.45) is 1.46. The number of likely N-dealkylation sites (tertiary alicyclic amines) is 1. The van der Waals surface area contributed by atoms with Gasteiger partial charge in [-0.1, -0.05) is 96.9 Å². The van der Waals surface area contributed by atoms with Gasteiger partial charge < -0.3 is 20.0 Å². The third-order valence-electron chi connectivity index (χ3n) is 8.88. The summed E-state index contributed by atoms with van der Waals surface area (Å²) in [5.74, 6) is -0.0153. The molecule has 2 atom stereocenters. The fourth-order valence-electron chi connectivity index (χ4n) is 6.45. The van der Waals surface area contributed by atoms with Crippen LogP contribution in [0.3, 0.4) is 0 Å². The molecule has 2 aliphatic rings. The lowest BCUT2D eigenvalue weighted by molar-refractivity contribution is -0.237. The van der Waals surface area contributed by atoms with Gasteiger partial charge in [-0.05, 0) is 48.1 Å². The molecule has 2 amide bonds. The smallest absolute Gasteiger partial charge is 0.270 e. The summed E-state index contributed by atoms with van der Waals surface area (Å²) in [7, 11) is 1.88. The molecule has 7 nitrogen and oxygen atoms in total. The number of piperidine rings is 1. The van der Waals surface area contributed by atoms with Crippen molar-refractivity contribution in [2.75, 3.05) is 26.7 Å². The Bertz CT molecular complexity index is 1390. The van der Waals surface area contributed by atoms with E-state index in [1.54, 1.807) is 13.0 Å². The highest BCUT2D eigenvalue weighted by atomic mass is 35.5. The van der Waals surface area contributed by atoms with Gasteiger partial charge in [0.05, 0.1) is 22.1 Å². The Morgan fingerprint density at radius 2 is 1.58 bits per heavy atom. The molecular weight excluding hydrogens is 609 g/mol. The van der Waals surface area contributed by atoms with Crippen molar-refractivity contribution in [2.24, 2.45) is 0 Å². The van der Waals surface area contributed by atoms with Crippen molar-refractivity contribution in [3.8, 4) is 0 Å². The number of amides is 2. The molecule has 0 aromatic heterocycles. The highest BCUT2D eigenvalue weighted by Crippen LogP contribution is 2.44. The molecule has 0 saturated carbocycles. The van der Waals surface area contributed by atoms with Crippen LogP contribution in [0.2, 0.25) is 10.0 Å². The van der Waals surface area contributed by atoms with Crippen molar-refractivity contribution in [2.45, 2.75) is 57.0 Å². The minimum absolute atomic E-state index is 0. The van der Waals surface area contributed by atoms with E-state index in [0.29, 0.717) is 55.5 Å². The van der Waals surface area contributed by atoms with Gasteiger partial charge >= 0.3 is 0 Å². The van der Waals surface area contributed by atoms with Crippen molar-refractivity contribution in [3.05, 3.63) is 106 Å². The molecule has 2 N–H and O–H groups in total. The first-order chi connectivity index (χ1) is 19.7. The summed E-state index contributed by atoms with van der Waals surface area (Å²) in [6, 6.07) is 25.8. The van der Waals surface area contributed by atoms with Crippen LogP contribution in [-0.2, 0) is 26.4 Å². The number of morpholine rings is 1. The Morgan fingerprint density at radius 1 is 0.977 bits per heavy atom. The number of hydrogen-bond donors (Lipinski definition) is 0. The molecule has 2 aliphatic heterocycles. The molecule has 0 radical (unpaired) electrons. The quantitative estimate of drug-likeness (QED) is 0.303. The molecule has 3 aromatic carbocycles. The first-order valence-electron chi connectivity index (χ1n) is 14.2. The highest BCUT2D eigenvalue weighted by Gasteiger charge is 2.54. The van der Waals surface area contributed by atoms with Gasteiger partial charge in [0.25, 0.3) is 5.91 Å². The molecule has 43 heavy (non-hydrogen) atoms. The molecule has 3 aromatic rings. The van der Waals surface area contributed by atoms with Crippen molar-refractivity contribution < 1.29 is 19.8 Å². The monoisotopic (exact) mass is 647 g/mol. The van der Waals surface area contributed by atoms with Crippen LogP contribution in [0.25, 0.3) is 0 Å². The fourth-order valence-corrected chi connectivity index (χ4v) is 6.76. The van der Waals surface area contributed by atoms with Crippen molar-refractivity contribution in [1.82, 2.24) is 14.7 Å². The molecule has 0 spiro atoms. The first kappa shape index (κ1) is 34.8. The molecule has 2 unspecified atom stereocenters. The Labute approximate surface area is 270 Å². The van der Waals surface area contributed by atoms with Crippen LogP contribution < -0.4 is 0 Å². The van der Waals surface area contributed by atoms with Gasteiger partial charge in [0.2, 0.25) is 11.6 Å². The Kier molecular flexibility index (Phi) is 11.7. The Balaban J connectivity index is 0.00000253. The summed E-state index contributed by atoms with van der Waals surface area (Å²) < 4.78 is 6.86. The predicted octanol–water partition coefficient (Wildman–Crippen LogP) is 6.27. The van der Waals surface area contributed by atoms with Gasteiger partial charge in [-0.3, -0.25) is 14.5 Å². The van der Waals surface area contributed by atoms with Crippen molar-refractivity contribution in [3.63, 3.8) is 0 Å². The molecule has 2 heterocycles. The van der Waals surface area contributed by atoms with Gasteiger partial charge in [-0.2, -0.15) is 0 Å². The van der Waals surface area contributed by atoms with E-state index in [-0.39, 0.29) is 35.8 Å². The summed E-state index contributed by atoms with van der Waals surface area (Å²) in [5.41, 5.74) is 1.45. The number of carbonyl (C=O) groups is 2. The lowest BCUT2D eigenvalue weighted by Crippen LogP contribution is -2.68. The molecule has 10 heteroatoms. The van der Waals surface area contributed by atoms with E-state index >= 15 is 0 Å². The van der Waals surface area contributed by atoms with Crippen molar-refractivity contribution in [1.29, 1.82) is 0 Å². The number of carbonyl (C=O) groups excluding carboxylic acids is 2. The number of hydrogen-bond acceptors (Lipinski definition) is 4. The summed E-state index contributed by atoms with van der Waals surface area (Å²) in [4.78, 5) is 33.0. The van der Waals surface area contributed by atoms with Crippen LogP contribution >= 0.6 is 35.6 Å². The zero-order chi connectivity index (χ0) is 29.2. The number of ether oxygens (including phenoxy) is 1. The molecule has 232 valence electrons. The second-order valence-electron chi connectivity index (χ2n) is 11.1. The maximum atomic E-state index is 14.4. The second kappa shape index (κ2) is 14.4. The average molecular weight is 649 g/mol. The molecule has 2 fully saturated rings. The lowest BCUT2D eigenvalue weighted by atomic mass is 9.78. The minimum atomic E-state index is -1.15. The molecular formula is C33H40Cl3N3O4. The molecule has 5 rings (SSSR count). The second-order valence-corrected chi connectivity index (χ2v) is 11.9. The van der Waals surface area contributed by atoms with Crippen molar-refractivity contribution >= 4 is 47.4 Å². The van der Waals surface area contributed by atoms with Crippen LogP contribution in [0.1, 0.15) is 55.9 Å². The fraction of sp³-hybridized carbons (Fsp3) is 0.394. The van der Waals surface area contributed by atoms with Crippen LogP contribution in [0.5, 0.6) is 0 Å². The zero-order valence-corrected chi connectivity index (χ0v) is 27.1. The third-order valence-corrected chi connectivity index (χ3v) is 9.62. The standard InChI is InChI=1S/C33H37Cl2N3O3.ClH.H2O/c1-4-33(38-19-17-32(18-20-38,36(3)24(2)39)27-13-9-6-10-14-27)31(40)37(22-25-11-7-5-8-12-25)23-30(41-33)26-15-16-28(34)29(35)21-26;;/h5-16,21,30H,4,17-20,22-23H2,1-3H3;1H;1H2. The maximum absolute atomic E-state index is 14.4. The minimum Gasteiger partial charge on any atom is -0.412 e. The highest BCUT2D eigenvalue weighted by molar-refractivity contribution is 6.42. The Morgan fingerprint density at radius 3 is 2.14 bits per heavy atom. The van der Waals surface area contributed by atoms with Gasteiger partial charge in [-0.25, -0.2) is 0 Å². The molecule has 0 aliphatic carbocycles. The number of nitrogens with zero attached hydrogens (tertiary/aromatic N) is 3. The Hall–Kier alpha value is -2.65. The van der Waals surface area contributed by atoms with E-state index < -0.39 is 11.3 Å². The molecule has 0 bridgehead atoms. The van der Waals surface area contributed by atoms with Crippen LogP contribution in [0, 0.1) is 0 Å². The summed E-state index contributed by atoms with van der Waals surface area (Å²) >= 11 is 12.7. The van der Waals surface area contributed by atoms with Gasteiger partial charge in [0.1, 0.15) is 6.10 Å².